The summed E-state index contributed by atoms with van der Waals surface area (Å²) in [5, 5.41) is 6.10. The van der Waals surface area contributed by atoms with Crippen molar-refractivity contribution in [3.05, 3.63) is 36.2 Å². The van der Waals surface area contributed by atoms with Gasteiger partial charge in [-0.3, -0.25) is 9.59 Å². The molecule has 2 aromatic rings. The largest absolute Gasteiger partial charge is 0.497 e. The number of benzene rings is 1. The van der Waals surface area contributed by atoms with Gasteiger partial charge in [0.15, 0.2) is 0 Å². The number of aryl methyl sites for hydroxylation is 1. The van der Waals surface area contributed by atoms with Gasteiger partial charge in [-0.05, 0) is 31.2 Å². The van der Waals surface area contributed by atoms with Gasteiger partial charge in [-0.25, -0.2) is 9.97 Å². The number of nitrogens with zero attached hydrogens (tertiary/aromatic N) is 4. The maximum atomic E-state index is 12.5. The summed E-state index contributed by atoms with van der Waals surface area (Å²) in [7, 11) is 5.44. The first-order chi connectivity index (χ1) is 14.4. The highest BCUT2D eigenvalue weighted by molar-refractivity contribution is 6.00. The summed E-state index contributed by atoms with van der Waals surface area (Å²) in [4.78, 5) is 37.1. The van der Waals surface area contributed by atoms with Crippen LogP contribution in [0, 0.1) is 12.8 Å². The van der Waals surface area contributed by atoms with Crippen LogP contribution in [0.3, 0.4) is 0 Å². The molecule has 1 saturated heterocycles. The Hall–Kier alpha value is -3.36. The number of aromatic nitrogens is 2. The van der Waals surface area contributed by atoms with E-state index in [4.69, 9.17) is 4.74 Å². The number of methoxy groups -OCH3 is 1. The highest BCUT2D eigenvalue weighted by Crippen LogP contribution is 2.26. The minimum atomic E-state index is -0.360. The molecule has 30 heavy (non-hydrogen) atoms. The first-order valence-electron chi connectivity index (χ1n) is 9.86. The van der Waals surface area contributed by atoms with Gasteiger partial charge in [0.1, 0.15) is 23.2 Å². The van der Waals surface area contributed by atoms with Crippen molar-refractivity contribution in [2.75, 3.05) is 56.0 Å². The minimum Gasteiger partial charge on any atom is -0.497 e. The molecule has 0 spiro atoms. The predicted octanol–water partition coefficient (Wildman–Crippen LogP) is 1.44. The molecular formula is C21H28N6O3. The van der Waals surface area contributed by atoms with Gasteiger partial charge in [-0.2, -0.15) is 0 Å². The molecule has 160 valence electrons. The van der Waals surface area contributed by atoms with Gasteiger partial charge in [0, 0.05) is 51.9 Å². The number of amides is 2. The number of carbonyl (C=O) groups excluding carboxylic acids is 2. The highest BCUT2D eigenvalue weighted by atomic mass is 16.5. The van der Waals surface area contributed by atoms with Gasteiger partial charge < -0.3 is 25.2 Å². The van der Waals surface area contributed by atoms with E-state index in [-0.39, 0.29) is 24.2 Å². The third-order valence-electron chi connectivity index (χ3n) is 4.89. The average molecular weight is 412 g/mol. The molecule has 9 heteroatoms. The van der Waals surface area contributed by atoms with Crippen LogP contribution in [0.2, 0.25) is 0 Å². The van der Waals surface area contributed by atoms with Crippen molar-refractivity contribution < 1.29 is 14.3 Å². The molecule has 0 radical (unpaired) electrons. The zero-order valence-corrected chi connectivity index (χ0v) is 17.8. The third kappa shape index (κ3) is 5.16. The fraction of sp³-hybridized carbons (Fsp3) is 0.429. The first kappa shape index (κ1) is 21.4. The minimum absolute atomic E-state index is 0.0499. The molecule has 2 amide bonds. The van der Waals surface area contributed by atoms with Crippen molar-refractivity contribution in [3.8, 4) is 5.75 Å². The number of ether oxygens (including phenoxy) is 1. The number of carbonyl (C=O) groups is 2. The van der Waals surface area contributed by atoms with Crippen molar-refractivity contribution in [2.24, 2.45) is 5.92 Å². The number of anilines is 3. The molecule has 1 aromatic carbocycles. The maximum absolute atomic E-state index is 12.5. The zero-order chi connectivity index (χ0) is 21.7. The van der Waals surface area contributed by atoms with Crippen molar-refractivity contribution in [2.45, 2.75) is 13.3 Å². The Balaban J connectivity index is 1.48. The van der Waals surface area contributed by atoms with Gasteiger partial charge in [0.2, 0.25) is 11.8 Å². The van der Waals surface area contributed by atoms with E-state index in [1.807, 2.05) is 44.1 Å². The lowest BCUT2D eigenvalue weighted by molar-refractivity contribution is -0.126. The van der Waals surface area contributed by atoms with E-state index in [1.54, 1.807) is 24.1 Å². The second kappa shape index (κ2) is 9.43. The lowest BCUT2D eigenvalue weighted by Gasteiger charge is -2.17. The fourth-order valence-corrected chi connectivity index (χ4v) is 3.29. The number of hydrogen-bond acceptors (Lipinski definition) is 7. The maximum Gasteiger partial charge on any atom is 0.227 e. The second-order valence-corrected chi connectivity index (χ2v) is 7.37. The molecule has 1 aliphatic rings. The van der Waals surface area contributed by atoms with Gasteiger partial charge in [0.25, 0.3) is 0 Å². The molecule has 0 saturated carbocycles. The summed E-state index contributed by atoms with van der Waals surface area (Å²) in [6.45, 7) is 3.18. The molecule has 2 heterocycles. The summed E-state index contributed by atoms with van der Waals surface area (Å²) in [6, 6.07) is 9.12. The van der Waals surface area contributed by atoms with E-state index in [2.05, 4.69) is 20.6 Å². The van der Waals surface area contributed by atoms with E-state index in [0.29, 0.717) is 31.3 Å². The number of rotatable bonds is 8. The van der Waals surface area contributed by atoms with E-state index >= 15 is 0 Å². The van der Waals surface area contributed by atoms with Gasteiger partial charge in [0.05, 0.1) is 13.0 Å². The normalized spacial score (nSPS) is 15.8. The zero-order valence-electron chi connectivity index (χ0n) is 17.8. The van der Waals surface area contributed by atoms with E-state index in [1.165, 1.54) is 0 Å². The lowest BCUT2D eigenvalue weighted by atomic mass is 10.1. The van der Waals surface area contributed by atoms with Gasteiger partial charge in [-0.1, -0.05) is 0 Å². The van der Waals surface area contributed by atoms with Crippen LogP contribution in [0.15, 0.2) is 30.3 Å². The highest BCUT2D eigenvalue weighted by Gasteiger charge is 2.34. The van der Waals surface area contributed by atoms with Crippen molar-refractivity contribution in [1.29, 1.82) is 0 Å². The summed E-state index contributed by atoms with van der Waals surface area (Å²) in [5.74, 6) is 2.40. The molecule has 0 aliphatic carbocycles. The van der Waals surface area contributed by atoms with Crippen LogP contribution in [0.1, 0.15) is 12.2 Å². The van der Waals surface area contributed by atoms with Crippen molar-refractivity contribution >= 4 is 29.1 Å². The van der Waals surface area contributed by atoms with Crippen LogP contribution in [-0.2, 0) is 9.59 Å². The Morgan fingerprint density at radius 2 is 1.97 bits per heavy atom. The first-order valence-corrected chi connectivity index (χ1v) is 9.86. The molecule has 0 bridgehead atoms. The van der Waals surface area contributed by atoms with Crippen LogP contribution in [0.4, 0.5) is 17.3 Å². The Bertz CT molecular complexity index is 900. The van der Waals surface area contributed by atoms with Crippen molar-refractivity contribution in [1.82, 2.24) is 15.3 Å². The Kier molecular flexibility index (Phi) is 6.71. The molecule has 1 atom stereocenters. The van der Waals surface area contributed by atoms with Crippen LogP contribution in [0.25, 0.3) is 0 Å². The third-order valence-corrected chi connectivity index (χ3v) is 4.89. The van der Waals surface area contributed by atoms with Crippen LogP contribution < -0.4 is 25.2 Å². The van der Waals surface area contributed by atoms with E-state index in [0.717, 1.165) is 17.3 Å². The second-order valence-electron chi connectivity index (χ2n) is 7.37. The SMILES string of the molecule is COc1ccc(N2CC(C(=O)NCCNc3cc(N(C)C)nc(C)n3)CC2=O)cc1. The Morgan fingerprint density at radius 3 is 2.63 bits per heavy atom. The van der Waals surface area contributed by atoms with Crippen LogP contribution in [0.5, 0.6) is 5.75 Å². The summed E-state index contributed by atoms with van der Waals surface area (Å²) in [5.41, 5.74) is 0.772. The molecule has 1 aliphatic heterocycles. The average Bonchev–Trinajstić information content (AvgIpc) is 3.12. The number of hydrogen-bond donors (Lipinski definition) is 2. The summed E-state index contributed by atoms with van der Waals surface area (Å²) < 4.78 is 5.15. The summed E-state index contributed by atoms with van der Waals surface area (Å²) in [6.07, 6.45) is 0.211. The standard InChI is InChI=1S/C21H28N6O3/c1-14-24-18(12-19(25-14)26(2)3)22-9-10-23-21(29)15-11-20(28)27(13-15)16-5-7-17(30-4)8-6-16/h5-8,12,15H,9-11,13H2,1-4H3,(H,23,29)(H,22,24,25). The molecule has 1 fully saturated rings. The molecule has 9 nitrogen and oxygen atoms in total. The molecule has 1 aromatic heterocycles. The Labute approximate surface area is 176 Å². The molecule has 2 N–H and O–H groups in total. The predicted molar refractivity (Wildman–Crippen MR) is 116 cm³/mol. The number of nitrogens with one attached hydrogen (secondary N) is 2. The molecule has 3 rings (SSSR count). The van der Waals surface area contributed by atoms with Gasteiger partial charge in [-0.15, -0.1) is 0 Å². The topological polar surface area (TPSA) is 99.7 Å². The van der Waals surface area contributed by atoms with E-state index < -0.39 is 0 Å². The quantitative estimate of drug-likeness (QED) is 0.633. The smallest absolute Gasteiger partial charge is 0.227 e. The van der Waals surface area contributed by atoms with Gasteiger partial charge >= 0.3 is 0 Å². The van der Waals surface area contributed by atoms with Crippen LogP contribution >= 0.6 is 0 Å². The molecular weight excluding hydrogens is 384 g/mol. The van der Waals surface area contributed by atoms with E-state index in [9.17, 15) is 9.59 Å². The lowest BCUT2D eigenvalue weighted by Crippen LogP contribution is -2.35. The molecule has 1 unspecified atom stereocenters. The fourth-order valence-electron chi connectivity index (χ4n) is 3.29. The Morgan fingerprint density at radius 1 is 1.23 bits per heavy atom. The monoisotopic (exact) mass is 412 g/mol. The summed E-state index contributed by atoms with van der Waals surface area (Å²) >= 11 is 0. The van der Waals surface area contributed by atoms with Crippen LogP contribution in [-0.4, -0.2) is 62.6 Å². The van der Waals surface area contributed by atoms with Crippen molar-refractivity contribution in [3.63, 3.8) is 0 Å².